The average molecular weight is 311 g/mol. The summed E-state index contributed by atoms with van der Waals surface area (Å²) in [6.45, 7) is 1.90. The van der Waals surface area contributed by atoms with Crippen molar-refractivity contribution in [2.24, 2.45) is 0 Å². The normalized spacial score (nSPS) is 12.6. The van der Waals surface area contributed by atoms with Gasteiger partial charge in [0.15, 0.2) is 11.5 Å². The van der Waals surface area contributed by atoms with E-state index >= 15 is 0 Å². The van der Waals surface area contributed by atoms with Crippen molar-refractivity contribution in [3.63, 3.8) is 0 Å². The van der Waals surface area contributed by atoms with E-state index in [-0.39, 0.29) is 5.91 Å². The highest BCUT2D eigenvalue weighted by Crippen LogP contribution is 2.38. The first kappa shape index (κ1) is 13.2. The molecule has 110 valence electrons. The molecular formula is C16H13N3O2S. The number of rotatable bonds is 2. The van der Waals surface area contributed by atoms with Crippen LogP contribution in [0.1, 0.15) is 26.5 Å². The number of carbonyl (C=O) groups is 1. The van der Waals surface area contributed by atoms with Crippen molar-refractivity contribution in [3.8, 4) is 11.3 Å². The van der Waals surface area contributed by atoms with Crippen LogP contribution in [0, 0.1) is 6.92 Å². The molecule has 0 atom stereocenters. The Bertz CT molecular complexity index is 866. The number of aromatic nitrogens is 2. The van der Waals surface area contributed by atoms with Crippen molar-refractivity contribution in [1.82, 2.24) is 10.1 Å². The number of carbonyl (C=O) groups excluding carboxylic acids is 1. The van der Waals surface area contributed by atoms with E-state index in [0.29, 0.717) is 11.5 Å². The first-order valence-electron chi connectivity index (χ1n) is 7.02. The second-order valence-electron chi connectivity index (χ2n) is 5.22. The average Bonchev–Trinajstić information content (AvgIpc) is 3.14. The Kier molecular flexibility index (Phi) is 3.04. The predicted molar refractivity (Wildman–Crippen MR) is 84.2 cm³/mol. The smallest absolute Gasteiger partial charge is 0.279 e. The Morgan fingerprint density at radius 3 is 3.14 bits per heavy atom. The van der Waals surface area contributed by atoms with Gasteiger partial charge in [0.05, 0.1) is 0 Å². The lowest BCUT2D eigenvalue weighted by Gasteiger charge is -2.10. The van der Waals surface area contributed by atoms with E-state index in [0.717, 1.165) is 35.3 Å². The maximum Gasteiger partial charge on any atom is 0.279 e. The van der Waals surface area contributed by atoms with E-state index in [1.54, 1.807) is 17.5 Å². The largest absolute Gasteiger partial charge is 0.355 e. The number of hydrogen-bond acceptors (Lipinski definition) is 5. The van der Waals surface area contributed by atoms with Crippen LogP contribution in [-0.4, -0.2) is 16.0 Å². The van der Waals surface area contributed by atoms with E-state index in [4.69, 9.17) is 4.52 Å². The van der Waals surface area contributed by atoms with E-state index in [1.165, 1.54) is 4.88 Å². The molecule has 1 amide bonds. The minimum Gasteiger partial charge on any atom is -0.355 e. The Balaban J connectivity index is 1.68. The zero-order chi connectivity index (χ0) is 15.1. The molecule has 0 bridgehead atoms. The molecule has 3 aromatic rings. The Morgan fingerprint density at radius 2 is 2.27 bits per heavy atom. The molecule has 0 saturated carbocycles. The molecular weight excluding hydrogens is 298 g/mol. The van der Waals surface area contributed by atoms with E-state index in [9.17, 15) is 4.79 Å². The summed E-state index contributed by atoms with van der Waals surface area (Å²) in [6, 6.07) is 5.76. The van der Waals surface area contributed by atoms with Crippen molar-refractivity contribution >= 4 is 23.1 Å². The fourth-order valence-electron chi connectivity index (χ4n) is 2.69. The topological polar surface area (TPSA) is 68.0 Å². The van der Waals surface area contributed by atoms with Gasteiger partial charge in [0.2, 0.25) is 0 Å². The van der Waals surface area contributed by atoms with Crippen LogP contribution >= 0.6 is 11.3 Å². The summed E-state index contributed by atoms with van der Waals surface area (Å²) in [7, 11) is 0. The molecule has 5 nitrogen and oxygen atoms in total. The number of hydrogen-bond donors (Lipinski definition) is 1. The molecule has 0 radical (unpaired) electrons. The summed E-state index contributed by atoms with van der Waals surface area (Å²) in [5, 5.41) is 8.84. The van der Waals surface area contributed by atoms with Crippen LogP contribution in [-0.2, 0) is 12.8 Å². The van der Waals surface area contributed by atoms with Crippen molar-refractivity contribution < 1.29 is 9.32 Å². The monoisotopic (exact) mass is 311 g/mol. The van der Waals surface area contributed by atoms with Crippen LogP contribution in [0.15, 0.2) is 34.3 Å². The summed E-state index contributed by atoms with van der Waals surface area (Å²) in [5.41, 5.74) is 3.22. The van der Waals surface area contributed by atoms with Gasteiger partial charge < -0.3 is 9.84 Å². The number of amides is 1. The van der Waals surface area contributed by atoms with Gasteiger partial charge in [0.25, 0.3) is 5.91 Å². The van der Waals surface area contributed by atoms with Crippen LogP contribution in [0.25, 0.3) is 11.3 Å². The first-order valence-corrected chi connectivity index (χ1v) is 7.90. The van der Waals surface area contributed by atoms with Gasteiger partial charge in [-0.2, -0.15) is 0 Å². The number of aryl methyl sites for hydroxylation is 2. The number of pyridine rings is 1. The number of fused-ring (bicyclic) bond motifs is 3. The summed E-state index contributed by atoms with van der Waals surface area (Å²) in [6.07, 6.45) is 3.35. The summed E-state index contributed by atoms with van der Waals surface area (Å²) < 4.78 is 5.44. The van der Waals surface area contributed by atoms with Crippen LogP contribution < -0.4 is 5.32 Å². The lowest BCUT2D eigenvalue weighted by Crippen LogP contribution is -2.17. The third-order valence-electron chi connectivity index (χ3n) is 3.84. The number of nitrogens with one attached hydrogen (secondary N) is 1. The van der Waals surface area contributed by atoms with E-state index < -0.39 is 0 Å². The SMILES string of the molecule is Cc1cccnc1NC(=O)c1noc2c1CCc1sccc1-2. The molecule has 22 heavy (non-hydrogen) atoms. The molecule has 3 aromatic heterocycles. The van der Waals surface area contributed by atoms with Gasteiger partial charge in [0.1, 0.15) is 5.82 Å². The van der Waals surface area contributed by atoms with Gasteiger partial charge in [-0.15, -0.1) is 11.3 Å². The van der Waals surface area contributed by atoms with Crippen LogP contribution in [0.5, 0.6) is 0 Å². The predicted octanol–water partition coefficient (Wildman–Crippen LogP) is 3.46. The lowest BCUT2D eigenvalue weighted by molar-refractivity contribution is 0.101. The Morgan fingerprint density at radius 1 is 1.36 bits per heavy atom. The highest BCUT2D eigenvalue weighted by Gasteiger charge is 2.28. The molecule has 1 aliphatic rings. The Hall–Kier alpha value is -2.47. The molecule has 6 heteroatoms. The second-order valence-corrected chi connectivity index (χ2v) is 6.22. The maximum atomic E-state index is 12.5. The summed E-state index contributed by atoms with van der Waals surface area (Å²) in [4.78, 5) is 17.9. The minimum absolute atomic E-state index is 0.273. The van der Waals surface area contributed by atoms with Gasteiger partial charge in [-0.3, -0.25) is 4.79 Å². The maximum absolute atomic E-state index is 12.5. The van der Waals surface area contributed by atoms with Crippen LogP contribution in [0.4, 0.5) is 5.82 Å². The van der Waals surface area contributed by atoms with E-state index in [1.807, 2.05) is 30.5 Å². The molecule has 4 rings (SSSR count). The standard InChI is InChI=1S/C16H13N3O2S/c1-9-3-2-7-17-15(9)18-16(20)13-11-4-5-12-10(6-8-22-12)14(11)21-19-13/h2-3,6-8H,4-5H2,1H3,(H,17,18,20). The van der Waals surface area contributed by atoms with Gasteiger partial charge in [-0.25, -0.2) is 4.98 Å². The molecule has 0 aliphatic heterocycles. The highest BCUT2D eigenvalue weighted by atomic mass is 32.1. The number of anilines is 1. The quantitative estimate of drug-likeness (QED) is 0.787. The zero-order valence-corrected chi connectivity index (χ0v) is 12.7. The minimum atomic E-state index is -0.273. The van der Waals surface area contributed by atoms with Crippen molar-refractivity contribution in [3.05, 3.63) is 51.5 Å². The van der Waals surface area contributed by atoms with Crippen LogP contribution in [0.2, 0.25) is 0 Å². The van der Waals surface area contributed by atoms with Gasteiger partial charge >= 0.3 is 0 Å². The fourth-order valence-corrected chi connectivity index (χ4v) is 3.57. The second kappa shape index (κ2) is 5.06. The van der Waals surface area contributed by atoms with Crippen molar-refractivity contribution in [2.45, 2.75) is 19.8 Å². The van der Waals surface area contributed by atoms with Gasteiger partial charge in [-0.1, -0.05) is 11.2 Å². The number of thiophene rings is 1. The third kappa shape index (κ3) is 2.03. The Labute approximate surface area is 131 Å². The molecule has 0 saturated heterocycles. The fraction of sp³-hybridized carbons (Fsp3) is 0.188. The molecule has 0 fully saturated rings. The molecule has 0 spiro atoms. The van der Waals surface area contributed by atoms with Crippen molar-refractivity contribution in [1.29, 1.82) is 0 Å². The van der Waals surface area contributed by atoms with Gasteiger partial charge in [0, 0.05) is 22.2 Å². The molecule has 1 N–H and O–H groups in total. The summed E-state index contributed by atoms with van der Waals surface area (Å²) in [5.74, 6) is 1.01. The zero-order valence-electron chi connectivity index (χ0n) is 11.9. The van der Waals surface area contributed by atoms with Gasteiger partial charge in [-0.05, 0) is 42.8 Å². The molecule has 0 aromatic carbocycles. The first-order chi connectivity index (χ1) is 10.7. The molecule has 1 aliphatic carbocycles. The number of nitrogens with zero attached hydrogens (tertiary/aromatic N) is 2. The van der Waals surface area contributed by atoms with Crippen LogP contribution in [0.3, 0.4) is 0 Å². The van der Waals surface area contributed by atoms with E-state index in [2.05, 4.69) is 15.5 Å². The lowest BCUT2D eigenvalue weighted by atomic mass is 9.95. The highest BCUT2D eigenvalue weighted by molar-refractivity contribution is 7.10. The van der Waals surface area contributed by atoms with Crippen molar-refractivity contribution in [2.75, 3.05) is 5.32 Å². The third-order valence-corrected chi connectivity index (χ3v) is 4.82. The molecule has 0 unspecified atom stereocenters. The molecule has 3 heterocycles. The summed E-state index contributed by atoms with van der Waals surface area (Å²) >= 11 is 1.71.